The molecule has 0 saturated carbocycles. The van der Waals surface area contributed by atoms with Crippen LogP contribution >= 0.6 is 0 Å². The van der Waals surface area contributed by atoms with Crippen LogP contribution in [0.25, 0.3) is 5.82 Å². The minimum Gasteiger partial charge on any atom is -0.481 e. The molecule has 1 atom stereocenters. The van der Waals surface area contributed by atoms with E-state index in [1.54, 1.807) is 13.3 Å². The third-order valence-electron chi connectivity index (χ3n) is 5.13. The first-order valence-electron chi connectivity index (χ1n) is 9.06. The van der Waals surface area contributed by atoms with Gasteiger partial charge in [-0.25, -0.2) is 4.98 Å². The van der Waals surface area contributed by atoms with E-state index in [4.69, 9.17) is 9.84 Å². The predicted octanol–water partition coefficient (Wildman–Crippen LogP) is 3.27. The maximum atomic E-state index is 5.73. The van der Waals surface area contributed by atoms with Gasteiger partial charge in [0.25, 0.3) is 0 Å². The number of benzene rings is 1. The molecular weight excluding hydrogens is 324 g/mol. The topological polar surface area (TPSA) is 43.2 Å². The van der Waals surface area contributed by atoms with Gasteiger partial charge in [-0.3, -0.25) is 4.90 Å². The number of aromatic nitrogens is 3. The van der Waals surface area contributed by atoms with Crippen LogP contribution in [0.5, 0.6) is 5.88 Å². The summed E-state index contributed by atoms with van der Waals surface area (Å²) < 4.78 is 7.56. The molecule has 3 aromatic rings. The van der Waals surface area contributed by atoms with E-state index in [1.165, 1.54) is 11.1 Å². The quantitative estimate of drug-likeness (QED) is 0.710. The first kappa shape index (κ1) is 16.8. The van der Waals surface area contributed by atoms with Gasteiger partial charge in [-0.05, 0) is 44.0 Å². The van der Waals surface area contributed by atoms with Crippen LogP contribution in [-0.4, -0.2) is 39.9 Å². The van der Waals surface area contributed by atoms with Gasteiger partial charge in [0.1, 0.15) is 0 Å². The SMILES string of the molecule is COc1c2c(nn1-c1ccccn1)CCC(N(C)Cc1ccccc1)C2. The lowest BCUT2D eigenvalue weighted by atomic mass is 9.92. The molecule has 1 aliphatic carbocycles. The molecule has 0 fully saturated rings. The van der Waals surface area contributed by atoms with E-state index in [9.17, 15) is 0 Å². The maximum Gasteiger partial charge on any atom is 0.221 e. The third kappa shape index (κ3) is 3.22. The van der Waals surface area contributed by atoms with Gasteiger partial charge in [0, 0.05) is 24.3 Å². The van der Waals surface area contributed by atoms with E-state index in [-0.39, 0.29) is 0 Å². The first-order chi connectivity index (χ1) is 12.8. The van der Waals surface area contributed by atoms with E-state index < -0.39 is 0 Å². The Labute approximate surface area is 154 Å². The highest BCUT2D eigenvalue weighted by Crippen LogP contribution is 2.33. The highest BCUT2D eigenvalue weighted by Gasteiger charge is 2.29. The molecule has 0 bridgehead atoms. The summed E-state index contributed by atoms with van der Waals surface area (Å²) in [5.41, 5.74) is 3.70. The molecule has 0 amide bonds. The highest BCUT2D eigenvalue weighted by atomic mass is 16.5. The molecule has 2 heterocycles. The molecule has 5 heteroatoms. The third-order valence-corrected chi connectivity index (χ3v) is 5.13. The molecule has 1 aliphatic rings. The minimum atomic E-state index is 0.484. The summed E-state index contributed by atoms with van der Waals surface area (Å²) in [5.74, 6) is 1.62. The number of pyridine rings is 1. The predicted molar refractivity (Wildman–Crippen MR) is 102 cm³/mol. The molecule has 1 unspecified atom stereocenters. The number of nitrogens with zero attached hydrogens (tertiary/aromatic N) is 4. The van der Waals surface area contributed by atoms with Crippen LogP contribution in [0, 0.1) is 0 Å². The normalized spacial score (nSPS) is 16.5. The van der Waals surface area contributed by atoms with Gasteiger partial charge in [-0.1, -0.05) is 36.4 Å². The number of aryl methyl sites for hydroxylation is 1. The van der Waals surface area contributed by atoms with Crippen LogP contribution in [0.4, 0.5) is 0 Å². The largest absolute Gasteiger partial charge is 0.481 e. The Balaban J connectivity index is 1.57. The van der Waals surface area contributed by atoms with Crippen molar-refractivity contribution in [3.05, 3.63) is 71.5 Å². The van der Waals surface area contributed by atoms with E-state index in [0.717, 1.165) is 43.2 Å². The Kier molecular flexibility index (Phi) is 4.71. The van der Waals surface area contributed by atoms with Crippen molar-refractivity contribution in [1.82, 2.24) is 19.7 Å². The van der Waals surface area contributed by atoms with Crippen LogP contribution in [0.15, 0.2) is 54.7 Å². The van der Waals surface area contributed by atoms with Crippen molar-refractivity contribution >= 4 is 0 Å². The molecule has 0 saturated heterocycles. The van der Waals surface area contributed by atoms with Crippen LogP contribution in [0.2, 0.25) is 0 Å². The lowest BCUT2D eigenvalue weighted by Gasteiger charge is -2.31. The monoisotopic (exact) mass is 348 g/mol. The van der Waals surface area contributed by atoms with Gasteiger partial charge in [-0.2, -0.15) is 9.78 Å². The highest BCUT2D eigenvalue weighted by molar-refractivity contribution is 5.40. The molecule has 5 nitrogen and oxygen atoms in total. The summed E-state index contributed by atoms with van der Waals surface area (Å²) in [6.07, 6.45) is 4.81. The molecule has 1 aromatic carbocycles. The lowest BCUT2D eigenvalue weighted by Crippen LogP contribution is -2.35. The number of fused-ring (bicyclic) bond motifs is 1. The molecule has 134 valence electrons. The molecule has 0 radical (unpaired) electrons. The molecule has 26 heavy (non-hydrogen) atoms. The average Bonchev–Trinajstić information content (AvgIpc) is 3.07. The second kappa shape index (κ2) is 7.30. The van der Waals surface area contributed by atoms with Crippen LogP contribution in [0.1, 0.15) is 23.2 Å². The molecule has 4 rings (SSSR count). The number of hydrogen-bond acceptors (Lipinski definition) is 4. The molecule has 0 aliphatic heterocycles. The van der Waals surface area contributed by atoms with Crippen LogP contribution < -0.4 is 4.74 Å². The summed E-state index contributed by atoms with van der Waals surface area (Å²) in [4.78, 5) is 6.86. The van der Waals surface area contributed by atoms with Gasteiger partial charge in [0.15, 0.2) is 5.82 Å². The summed E-state index contributed by atoms with van der Waals surface area (Å²) in [6.45, 7) is 0.956. The Bertz CT molecular complexity index is 860. The van der Waals surface area contributed by atoms with Gasteiger partial charge in [-0.15, -0.1) is 0 Å². The van der Waals surface area contributed by atoms with E-state index in [0.29, 0.717) is 6.04 Å². The second-order valence-corrected chi connectivity index (χ2v) is 6.83. The van der Waals surface area contributed by atoms with Crippen LogP contribution in [0.3, 0.4) is 0 Å². The van der Waals surface area contributed by atoms with Gasteiger partial charge < -0.3 is 4.74 Å². The summed E-state index contributed by atoms with van der Waals surface area (Å²) in [5, 5.41) is 4.78. The number of likely N-dealkylation sites (N-methyl/N-ethyl adjacent to an activating group) is 1. The van der Waals surface area contributed by atoms with Crippen LogP contribution in [-0.2, 0) is 19.4 Å². The summed E-state index contributed by atoms with van der Waals surface area (Å²) >= 11 is 0. The average molecular weight is 348 g/mol. The maximum absolute atomic E-state index is 5.73. The standard InChI is InChI=1S/C21H24N4O/c1-24(15-16-8-4-3-5-9-16)17-11-12-19-18(14-17)21(26-2)25(23-19)20-10-6-7-13-22-20/h3-10,13,17H,11-12,14-15H2,1-2H3. The van der Waals surface area contributed by atoms with Crippen molar-refractivity contribution in [3.63, 3.8) is 0 Å². The molecule has 2 aromatic heterocycles. The molecule has 0 spiro atoms. The number of rotatable bonds is 5. The fourth-order valence-electron chi connectivity index (χ4n) is 3.75. The van der Waals surface area contributed by atoms with Gasteiger partial charge in [0.2, 0.25) is 5.88 Å². The Morgan fingerprint density at radius 2 is 1.96 bits per heavy atom. The zero-order chi connectivity index (χ0) is 17.9. The van der Waals surface area contributed by atoms with Crippen molar-refractivity contribution in [2.75, 3.05) is 14.2 Å². The minimum absolute atomic E-state index is 0.484. The van der Waals surface area contributed by atoms with Crippen molar-refractivity contribution < 1.29 is 4.74 Å². The Hall–Kier alpha value is -2.66. The Morgan fingerprint density at radius 1 is 1.15 bits per heavy atom. The smallest absolute Gasteiger partial charge is 0.221 e. The molecule has 0 N–H and O–H groups in total. The Morgan fingerprint density at radius 3 is 2.69 bits per heavy atom. The summed E-state index contributed by atoms with van der Waals surface area (Å²) in [6, 6.07) is 17.0. The van der Waals surface area contributed by atoms with Crippen molar-refractivity contribution in [2.24, 2.45) is 0 Å². The molecular formula is C21H24N4O. The number of methoxy groups -OCH3 is 1. The van der Waals surface area contributed by atoms with Gasteiger partial charge in [0.05, 0.1) is 12.8 Å². The lowest BCUT2D eigenvalue weighted by molar-refractivity contribution is 0.212. The fraction of sp³-hybridized carbons (Fsp3) is 0.333. The first-order valence-corrected chi connectivity index (χ1v) is 9.06. The number of ether oxygens (including phenoxy) is 1. The van der Waals surface area contributed by atoms with Crippen molar-refractivity contribution in [3.8, 4) is 11.7 Å². The number of hydrogen-bond donors (Lipinski definition) is 0. The van der Waals surface area contributed by atoms with Crippen molar-refractivity contribution in [1.29, 1.82) is 0 Å². The van der Waals surface area contributed by atoms with Gasteiger partial charge >= 0.3 is 0 Å². The second-order valence-electron chi connectivity index (χ2n) is 6.83. The van der Waals surface area contributed by atoms with E-state index in [1.807, 2.05) is 22.9 Å². The summed E-state index contributed by atoms with van der Waals surface area (Å²) in [7, 11) is 3.92. The van der Waals surface area contributed by atoms with E-state index in [2.05, 4.69) is 47.3 Å². The zero-order valence-corrected chi connectivity index (χ0v) is 15.3. The zero-order valence-electron chi connectivity index (χ0n) is 15.3. The fourth-order valence-corrected chi connectivity index (χ4v) is 3.75. The van der Waals surface area contributed by atoms with Crippen molar-refractivity contribution in [2.45, 2.75) is 31.8 Å². The van der Waals surface area contributed by atoms with E-state index >= 15 is 0 Å².